The van der Waals surface area contributed by atoms with Crippen molar-refractivity contribution < 1.29 is 14.4 Å². The van der Waals surface area contributed by atoms with Crippen LogP contribution < -0.4 is 16.0 Å². The molecule has 1 atom stereocenters. The van der Waals surface area contributed by atoms with Crippen molar-refractivity contribution in [3.8, 4) is 0 Å². The summed E-state index contributed by atoms with van der Waals surface area (Å²) in [4.78, 5) is 36.9. The fraction of sp³-hybridized carbons (Fsp3) is 0.815. The van der Waals surface area contributed by atoms with E-state index in [4.69, 9.17) is 0 Å². The van der Waals surface area contributed by atoms with E-state index in [1.165, 1.54) is 38.5 Å². The first kappa shape index (κ1) is 31.1. The lowest BCUT2D eigenvalue weighted by Gasteiger charge is -2.18. The number of unbranched alkanes of at least 4 members (excludes halogenated alkanes) is 9. The summed E-state index contributed by atoms with van der Waals surface area (Å²) in [6.07, 6.45) is 19.8. The number of nitrogens with one attached hydrogen (secondary N) is 3. The van der Waals surface area contributed by atoms with Crippen molar-refractivity contribution >= 4 is 17.7 Å². The van der Waals surface area contributed by atoms with Crippen LogP contribution in [0.3, 0.4) is 0 Å². The molecule has 0 unspecified atom stereocenters. The van der Waals surface area contributed by atoms with Crippen molar-refractivity contribution in [1.29, 1.82) is 0 Å². The Bertz CT molecular complexity index is 535. The molecule has 6 nitrogen and oxygen atoms in total. The van der Waals surface area contributed by atoms with Gasteiger partial charge in [0.25, 0.3) is 0 Å². The van der Waals surface area contributed by atoms with Crippen LogP contribution in [0.2, 0.25) is 0 Å². The van der Waals surface area contributed by atoms with Crippen LogP contribution in [-0.2, 0) is 14.4 Å². The van der Waals surface area contributed by atoms with Crippen molar-refractivity contribution in [1.82, 2.24) is 16.0 Å². The molecular formula is C27H51N3O3. The summed E-state index contributed by atoms with van der Waals surface area (Å²) < 4.78 is 0. The second-order valence-corrected chi connectivity index (χ2v) is 8.93. The number of hydrogen-bond acceptors (Lipinski definition) is 3. The van der Waals surface area contributed by atoms with Gasteiger partial charge in [0.15, 0.2) is 0 Å². The number of hydrogen-bond donors (Lipinski definition) is 3. The summed E-state index contributed by atoms with van der Waals surface area (Å²) >= 11 is 0. The maximum Gasteiger partial charge on any atom is 0.242 e. The summed E-state index contributed by atoms with van der Waals surface area (Å²) in [5.74, 6) is -0.391. The number of rotatable bonds is 22. The molecule has 0 spiro atoms. The van der Waals surface area contributed by atoms with Gasteiger partial charge < -0.3 is 16.0 Å². The van der Waals surface area contributed by atoms with Crippen molar-refractivity contribution in [2.24, 2.45) is 0 Å². The van der Waals surface area contributed by atoms with E-state index in [-0.39, 0.29) is 24.1 Å². The molecule has 0 radical (unpaired) electrons. The van der Waals surface area contributed by atoms with Gasteiger partial charge in [-0.3, -0.25) is 14.4 Å². The molecule has 0 aliphatic carbocycles. The zero-order chi connectivity index (χ0) is 24.6. The van der Waals surface area contributed by atoms with Crippen LogP contribution in [-0.4, -0.2) is 36.9 Å². The minimum Gasteiger partial charge on any atom is -0.356 e. The highest BCUT2D eigenvalue weighted by Crippen LogP contribution is 2.08. The number of carbonyl (C=O) groups is 3. The summed E-state index contributed by atoms with van der Waals surface area (Å²) in [7, 11) is 0. The molecular weight excluding hydrogens is 414 g/mol. The van der Waals surface area contributed by atoms with Gasteiger partial charge in [-0.2, -0.15) is 0 Å². The molecule has 0 aromatic carbocycles. The lowest BCUT2D eigenvalue weighted by Crippen LogP contribution is -2.47. The highest BCUT2D eigenvalue weighted by molar-refractivity contribution is 5.88. The molecule has 33 heavy (non-hydrogen) atoms. The van der Waals surface area contributed by atoms with E-state index in [9.17, 15) is 14.4 Å². The smallest absolute Gasteiger partial charge is 0.242 e. The zero-order valence-corrected chi connectivity index (χ0v) is 21.7. The van der Waals surface area contributed by atoms with Crippen LogP contribution in [0.1, 0.15) is 124 Å². The first-order valence-corrected chi connectivity index (χ1v) is 13.5. The Kier molecular flexibility index (Phi) is 22.0. The maximum absolute atomic E-state index is 12.5. The lowest BCUT2D eigenvalue weighted by atomic mass is 10.1. The van der Waals surface area contributed by atoms with Gasteiger partial charge in [0.1, 0.15) is 6.04 Å². The SMILES string of the molecule is CCCCCCCC/C=C/CCCC(=O)N[C@@H](CCC(=O)NCCCC)C(=O)NCCCC. The molecule has 0 fully saturated rings. The quantitative estimate of drug-likeness (QED) is 0.144. The minimum absolute atomic E-state index is 0.0699. The molecule has 0 saturated carbocycles. The first-order valence-electron chi connectivity index (χ1n) is 13.5. The highest BCUT2D eigenvalue weighted by atomic mass is 16.2. The van der Waals surface area contributed by atoms with Crippen LogP contribution in [0.25, 0.3) is 0 Å². The Hall–Kier alpha value is -1.85. The van der Waals surface area contributed by atoms with Crippen molar-refractivity contribution in [3.63, 3.8) is 0 Å². The van der Waals surface area contributed by atoms with Crippen LogP contribution >= 0.6 is 0 Å². The fourth-order valence-corrected chi connectivity index (χ4v) is 3.47. The van der Waals surface area contributed by atoms with E-state index in [1.54, 1.807) is 0 Å². The average molecular weight is 466 g/mol. The van der Waals surface area contributed by atoms with Crippen molar-refractivity contribution in [2.75, 3.05) is 13.1 Å². The molecule has 0 aromatic rings. The first-order chi connectivity index (χ1) is 16.0. The molecule has 0 aliphatic heterocycles. The Morgan fingerprint density at radius 2 is 1.21 bits per heavy atom. The topological polar surface area (TPSA) is 87.3 Å². The molecule has 192 valence electrons. The van der Waals surface area contributed by atoms with Crippen molar-refractivity contribution in [2.45, 2.75) is 130 Å². The van der Waals surface area contributed by atoms with E-state index >= 15 is 0 Å². The third-order valence-electron chi connectivity index (χ3n) is 5.66. The van der Waals surface area contributed by atoms with E-state index in [1.807, 2.05) is 0 Å². The monoisotopic (exact) mass is 465 g/mol. The van der Waals surface area contributed by atoms with Crippen molar-refractivity contribution in [3.05, 3.63) is 12.2 Å². The number of amides is 3. The van der Waals surface area contributed by atoms with Crippen LogP contribution in [0, 0.1) is 0 Å². The molecule has 3 amide bonds. The van der Waals surface area contributed by atoms with Gasteiger partial charge in [-0.1, -0.05) is 77.9 Å². The summed E-state index contributed by atoms with van der Waals surface area (Å²) in [6, 6.07) is -0.658. The van der Waals surface area contributed by atoms with E-state index in [2.05, 4.69) is 48.9 Å². The molecule has 3 N–H and O–H groups in total. The standard InChI is InChI=1S/C27H51N3O3/c1-4-7-10-11-12-13-14-15-16-17-18-19-26(32)30-24(27(33)29-23-9-6-3)20-21-25(31)28-22-8-5-2/h15-16,24H,4-14,17-23H2,1-3H3,(H,28,31)(H,29,33)(H,30,32)/b16-15+/t24-/m0/s1. The number of allylic oxidation sites excluding steroid dienone is 2. The lowest BCUT2D eigenvalue weighted by molar-refractivity contribution is -0.129. The Labute approximate surface area is 203 Å². The molecule has 0 bridgehead atoms. The predicted octanol–water partition coefficient (Wildman–Crippen LogP) is 5.56. The van der Waals surface area contributed by atoms with Crippen LogP contribution in [0.15, 0.2) is 12.2 Å². The second kappa shape index (κ2) is 23.3. The average Bonchev–Trinajstić information content (AvgIpc) is 2.80. The van der Waals surface area contributed by atoms with E-state index in [0.717, 1.165) is 44.9 Å². The second-order valence-electron chi connectivity index (χ2n) is 8.93. The predicted molar refractivity (Wildman–Crippen MR) is 138 cm³/mol. The minimum atomic E-state index is -0.658. The maximum atomic E-state index is 12.5. The molecule has 6 heteroatoms. The zero-order valence-electron chi connectivity index (χ0n) is 21.7. The third-order valence-corrected chi connectivity index (χ3v) is 5.66. The number of carbonyl (C=O) groups excluding carboxylic acids is 3. The van der Waals surface area contributed by atoms with E-state index < -0.39 is 6.04 Å². The summed E-state index contributed by atoms with van der Waals surface area (Å²) in [6.45, 7) is 7.62. The fourth-order valence-electron chi connectivity index (χ4n) is 3.47. The molecule has 0 aromatic heterocycles. The van der Waals surface area contributed by atoms with Gasteiger partial charge in [0.05, 0.1) is 0 Å². The van der Waals surface area contributed by atoms with Crippen LogP contribution in [0.4, 0.5) is 0 Å². The van der Waals surface area contributed by atoms with E-state index in [0.29, 0.717) is 25.9 Å². The Morgan fingerprint density at radius 1 is 0.636 bits per heavy atom. The largest absolute Gasteiger partial charge is 0.356 e. The van der Waals surface area contributed by atoms with Crippen LogP contribution in [0.5, 0.6) is 0 Å². The normalized spacial score (nSPS) is 12.0. The Morgan fingerprint density at radius 3 is 1.88 bits per heavy atom. The molecule has 0 rings (SSSR count). The van der Waals surface area contributed by atoms with Gasteiger partial charge in [0, 0.05) is 25.9 Å². The van der Waals surface area contributed by atoms with Gasteiger partial charge in [-0.25, -0.2) is 0 Å². The molecule has 0 saturated heterocycles. The van der Waals surface area contributed by atoms with Gasteiger partial charge in [-0.15, -0.1) is 0 Å². The van der Waals surface area contributed by atoms with Gasteiger partial charge in [0.2, 0.25) is 17.7 Å². The summed E-state index contributed by atoms with van der Waals surface area (Å²) in [5.41, 5.74) is 0. The molecule has 0 aliphatic rings. The van der Waals surface area contributed by atoms with Gasteiger partial charge >= 0.3 is 0 Å². The summed E-state index contributed by atoms with van der Waals surface area (Å²) in [5, 5.41) is 8.60. The van der Waals surface area contributed by atoms with Gasteiger partial charge in [-0.05, 0) is 44.9 Å². The third kappa shape index (κ3) is 20.5. The Balaban J connectivity index is 4.24. The molecule has 0 heterocycles. The highest BCUT2D eigenvalue weighted by Gasteiger charge is 2.21.